The Morgan fingerprint density at radius 3 is 2.83 bits per heavy atom. The van der Waals surface area contributed by atoms with Gasteiger partial charge in [0.25, 0.3) is 0 Å². The van der Waals surface area contributed by atoms with Gasteiger partial charge < -0.3 is 10.0 Å². The van der Waals surface area contributed by atoms with Crippen LogP contribution in [0, 0.1) is 0 Å². The lowest BCUT2D eigenvalue weighted by Gasteiger charge is -2.30. The molecule has 5 nitrogen and oxygen atoms in total. The normalized spacial score (nSPS) is 13.5. The molecule has 2 heterocycles. The fourth-order valence-electron chi connectivity index (χ4n) is 2.95. The number of aromatic nitrogens is 1. The first-order chi connectivity index (χ1) is 11.1. The third-order valence-electron chi connectivity index (χ3n) is 4.21. The van der Waals surface area contributed by atoms with E-state index in [0.29, 0.717) is 37.9 Å². The van der Waals surface area contributed by atoms with Gasteiger partial charge in [-0.3, -0.25) is 9.78 Å². The van der Waals surface area contributed by atoms with Crippen LogP contribution in [0.4, 0.5) is 0 Å². The molecule has 0 saturated heterocycles. The van der Waals surface area contributed by atoms with Crippen molar-refractivity contribution in [3.8, 4) is 0 Å². The van der Waals surface area contributed by atoms with Crippen LogP contribution in [0.2, 0.25) is 0 Å². The van der Waals surface area contributed by atoms with Crippen LogP contribution >= 0.6 is 0 Å². The van der Waals surface area contributed by atoms with Gasteiger partial charge in [-0.05, 0) is 41.7 Å². The third-order valence-corrected chi connectivity index (χ3v) is 4.21. The van der Waals surface area contributed by atoms with Crippen LogP contribution in [0.5, 0.6) is 0 Å². The zero-order valence-corrected chi connectivity index (χ0v) is 12.7. The maximum absolute atomic E-state index is 12.4. The molecule has 0 fully saturated rings. The highest BCUT2D eigenvalue weighted by atomic mass is 16.4. The van der Waals surface area contributed by atoms with Crippen LogP contribution < -0.4 is 0 Å². The van der Waals surface area contributed by atoms with E-state index in [1.807, 2.05) is 18.2 Å². The van der Waals surface area contributed by atoms with Crippen LogP contribution in [-0.4, -0.2) is 33.4 Å². The van der Waals surface area contributed by atoms with Crippen LogP contribution in [0.1, 0.15) is 33.5 Å². The van der Waals surface area contributed by atoms with E-state index in [-0.39, 0.29) is 5.91 Å². The number of fused-ring (bicyclic) bond motifs is 1. The molecule has 1 aliphatic rings. The summed E-state index contributed by atoms with van der Waals surface area (Å²) < 4.78 is 0. The maximum atomic E-state index is 12.4. The van der Waals surface area contributed by atoms with E-state index >= 15 is 0 Å². The molecule has 0 atom stereocenters. The quantitative estimate of drug-likeness (QED) is 0.940. The molecule has 0 saturated carbocycles. The summed E-state index contributed by atoms with van der Waals surface area (Å²) >= 11 is 0. The van der Waals surface area contributed by atoms with Gasteiger partial charge >= 0.3 is 5.97 Å². The molecule has 1 aliphatic heterocycles. The molecule has 23 heavy (non-hydrogen) atoms. The number of hydrogen-bond acceptors (Lipinski definition) is 3. The van der Waals surface area contributed by atoms with E-state index in [1.165, 1.54) is 0 Å². The highest BCUT2D eigenvalue weighted by Gasteiger charge is 2.24. The molecule has 1 aromatic heterocycles. The number of carboxylic acids is 1. The molecule has 1 N–H and O–H groups in total. The van der Waals surface area contributed by atoms with Crippen molar-refractivity contribution in [1.82, 2.24) is 9.88 Å². The minimum absolute atomic E-state index is 0.0553. The van der Waals surface area contributed by atoms with Gasteiger partial charge in [0.05, 0.1) is 5.56 Å². The number of amides is 1. The molecule has 5 heteroatoms. The average Bonchev–Trinajstić information content (AvgIpc) is 2.59. The van der Waals surface area contributed by atoms with Gasteiger partial charge in [0, 0.05) is 31.9 Å². The van der Waals surface area contributed by atoms with E-state index in [9.17, 15) is 14.7 Å². The van der Waals surface area contributed by atoms with Crippen LogP contribution in [-0.2, 0) is 24.2 Å². The Morgan fingerprint density at radius 1 is 1.22 bits per heavy atom. The number of carboxylic acid groups (broad SMARTS) is 1. The molecule has 3 rings (SSSR count). The number of rotatable bonds is 4. The number of aryl methyl sites for hydroxylation is 1. The van der Waals surface area contributed by atoms with Gasteiger partial charge in [0.2, 0.25) is 5.91 Å². The lowest BCUT2D eigenvalue weighted by atomic mass is 9.94. The first-order valence-corrected chi connectivity index (χ1v) is 7.66. The second-order valence-corrected chi connectivity index (χ2v) is 5.67. The summed E-state index contributed by atoms with van der Waals surface area (Å²) in [5, 5.41) is 9.31. The number of pyridine rings is 1. The minimum Gasteiger partial charge on any atom is -0.478 e. The molecule has 0 bridgehead atoms. The van der Waals surface area contributed by atoms with Crippen molar-refractivity contribution in [2.45, 2.75) is 25.8 Å². The molecule has 1 amide bonds. The Kier molecular flexibility index (Phi) is 4.37. The Balaban J connectivity index is 1.69. The topological polar surface area (TPSA) is 70.5 Å². The Labute approximate surface area is 134 Å². The standard InChI is InChI=1S/C18H18N2O3/c21-17(7-6-13-3-2-9-19-11-13)20-10-8-14-4-1-5-15(18(22)23)16(14)12-20/h1-5,9,11H,6-8,10,12H2,(H,22,23). The monoisotopic (exact) mass is 310 g/mol. The van der Waals surface area contributed by atoms with Gasteiger partial charge in [-0.1, -0.05) is 18.2 Å². The van der Waals surface area contributed by atoms with E-state index in [2.05, 4.69) is 4.98 Å². The summed E-state index contributed by atoms with van der Waals surface area (Å²) in [6.45, 7) is 1.02. The molecule has 1 aromatic carbocycles. The molecular formula is C18H18N2O3. The Bertz CT molecular complexity index is 728. The van der Waals surface area contributed by atoms with E-state index < -0.39 is 5.97 Å². The molecule has 0 aliphatic carbocycles. The summed E-state index contributed by atoms with van der Waals surface area (Å²) in [6, 6.07) is 9.12. The van der Waals surface area contributed by atoms with Crippen molar-refractivity contribution in [2.24, 2.45) is 0 Å². The van der Waals surface area contributed by atoms with Crippen LogP contribution in [0.15, 0.2) is 42.7 Å². The van der Waals surface area contributed by atoms with Crippen LogP contribution in [0.3, 0.4) is 0 Å². The first kappa shape index (κ1) is 15.2. The Morgan fingerprint density at radius 2 is 2.09 bits per heavy atom. The largest absolute Gasteiger partial charge is 0.478 e. The van der Waals surface area contributed by atoms with Crippen molar-refractivity contribution in [3.63, 3.8) is 0 Å². The van der Waals surface area contributed by atoms with Gasteiger partial charge in [0.15, 0.2) is 0 Å². The summed E-state index contributed by atoms with van der Waals surface area (Å²) in [5.74, 6) is -0.883. The van der Waals surface area contributed by atoms with Gasteiger partial charge in [-0.15, -0.1) is 0 Å². The van der Waals surface area contributed by atoms with Crippen LogP contribution in [0.25, 0.3) is 0 Å². The highest BCUT2D eigenvalue weighted by molar-refractivity contribution is 5.90. The van der Waals surface area contributed by atoms with Crippen molar-refractivity contribution >= 4 is 11.9 Å². The summed E-state index contributed by atoms with van der Waals surface area (Å²) in [6.07, 6.45) is 5.24. The maximum Gasteiger partial charge on any atom is 0.336 e. The molecule has 0 unspecified atom stereocenters. The fraction of sp³-hybridized carbons (Fsp3) is 0.278. The second kappa shape index (κ2) is 6.60. The summed E-state index contributed by atoms with van der Waals surface area (Å²) in [7, 11) is 0. The van der Waals surface area contributed by atoms with Gasteiger partial charge in [0.1, 0.15) is 0 Å². The fourth-order valence-corrected chi connectivity index (χ4v) is 2.95. The number of nitrogens with zero attached hydrogens (tertiary/aromatic N) is 2. The van der Waals surface area contributed by atoms with E-state index in [1.54, 1.807) is 29.4 Å². The second-order valence-electron chi connectivity index (χ2n) is 5.67. The first-order valence-electron chi connectivity index (χ1n) is 7.66. The molecule has 2 aromatic rings. The molecule has 0 spiro atoms. The SMILES string of the molecule is O=C(O)c1cccc2c1CN(C(=O)CCc1cccnc1)CC2. The smallest absolute Gasteiger partial charge is 0.336 e. The summed E-state index contributed by atoms with van der Waals surface area (Å²) in [5.41, 5.74) is 3.12. The zero-order valence-electron chi connectivity index (χ0n) is 12.7. The zero-order chi connectivity index (χ0) is 16.2. The lowest BCUT2D eigenvalue weighted by Crippen LogP contribution is -2.36. The number of aromatic carboxylic acids is 1. The summed E-state index contributed by atoms with van der Waals surface area (Å²) in [4.78, 5) is 29.6. The number of benzene rings is 1. The van der Waals surface area contributed by atoms with E-state index in [4.69, 9.17) is 0 Å². The van der Waals surface area contributed by atoms with E-state index in [0.717, 1.165) is 16.7 Å². The lowest BCUT2D eigenvalue weighted by molar-refractivity contribution is -0.132. The predicted octanol–water partition coefficient (Wildman–Crippen LogP) is 2.30. The van der Waals surface area contributed by atoms with Crippen molar-refractivity contribution < 1.29 is 14.7 Å². The third kappa shape index (κ3) is 3.39. The number of carbonyl (C=O) groups excluding carboxylic acids is 1. The highest BCUT2D eigenvalue weighted by Crippen LogP contribution is 2.23. The van der Waals surface area contributed by atoms with Gasteiger partial charge in [-0.2, -0.15) is 0 Å². The average molecular weight is 310 g/mol. The Hall–Kier alpha value is -2.69. The van der Waals surface area contributed by atoms with Crippen molar-refractivity contribution in [3.05, 3.63) is 65.0 Å². The molecular weight excluding hydrogens is 292 g/mol. The van der Waals surface area contributed by atoms with Crippen molar-refractivity contribution in [1.29, 1.82) is 0 Å². The predicted molar refractivity (Wildman–Crippen MR) is 85.1 cm³/mol. The molecule has 0 radical (unpaired) electrons. The van der Waals surface area contributed by atoms with Crippen molar-refractivity contribution in [2.75, 3.05) is 6.54 Å². The number of carbonyl (C=O) groups is 2. The molecule has 118 valence electrons. The minimum atomic E-state index is -0.938. The number of hydrogen-bond donors (Lipinski definition) is 1. The van der Waals surface area contributed by atoms with Gasteiger partial charge in [-0.25, -0.2) is 4.79 Å².